The van der Waals surface area contributed by atoms with Crippen LogP contribution in [0.3, 0.4) is 0 Å². The Morgan fingerprint density at radius 1 is 0.733 bits per heavy atom. The Hall–Kier alpha value is -0.500. The fourth-order valence-corrected chi connectivity index (χ4v) is 3.13. The van der Waals surface area contributed by atoms with Crippen LogP contribution in [0.1, 0.15) is 117 Å². The van der Waals surface area contributed by atoms with E-state index < -0.39 is 10.4 Å². The molecule has 0 aromatic carbocycles. The molecule has 0 saturated carbocycles. The normalized spacial score (nSPS) is 11.8. The van der Waals surface area contributed by atoms with Gasteiger partial charge in [0, 0.05) is 0 Å². The predicted octanol–water partition coefficient (Wildman–Crippen LogP) is 5.96. The third kappa shape index (κ3) is 23.8. The molecule has 0 spiro atoms. The number of hydrogen-bond acceptors (Lipinski definition) is 5. The molecule has 0 heterocycles. The molecule has 0 bridgehead atoms. The summed E-state index contributed by atoms with van der Waals surface area (Å²) in [4.78, 5) is 12.0. The standard InChI is InChI=1S/C22H46NO.CH4O4S/c1-5-7-8-9-10-11-12-13-14-15-16-17-18-19-20-21-22(24)23(3,4)6-2;1-5-6(2,3)4/h5-21H2,1-4H3;1H3,(H,2,3,4)/q+1;/p-1. The van der Waals surface area contributed by atoms with Crippen molar-refractivity contribution in [3.05, 3.63) is 0 Å². The summed E-state index contributed by atoms with van der Waals surface area (Å²) in [6.45, 7) is 5.27. The highest BCUT2D eigenvalue weighted by atomic mass is 32.3. The minimum absolute atomic E-state index is 0.396. The van der Waals surface area contributed by atoms with Gasteiger partial charge in [0.15, 0.2) is 0 Å². The van der Waals surface area contributed by atoms with Gasteiger partial charge in [-0.3, -0.25) is 8.67 Å². The Morgan fingerprint density at radius 3 is 1.30 bits per heavy atom. The molecule has 6 nitrogen and oxygen atoms in total. The van der Waals surface area contributed by atoms with Crippen LogP contribution in [0.25, 0.3) is 0 Å². The molecule has 0 aliphatic rings. The molecule has 0 aliphatic carbocycles. The Labute approximate surface area is 187 Å². The summed E-state index contributed by atoms with van der Waals surface area (Å²) in [6.07, 6.45) is 21.4. The van der Waals surface area contributed by atoms with Gasteiger partial charge in [0.05, 0.1) is 34.2 Å². The Bertz CT molecular complexity index is 492. The maximum atomic E-state index is 12.0. The molecule has 0 rings (SSSR count). The summed E-state index contributed by atoms with van der Waals surface area (Å²) in [5, 5.41) is 0. The molecule has 182 valence electrons. The van der Waals surface area contributed by atoms with E-state index in [0.29, 0.717) is 10.4 Å². The maximum absolute atomic E-state index is 12.0. The van der Waals surface area contributed by atoms with Gasteiger partial charge < -0.3 is 4.55 Å². The molecular formula is C23H49NO5S. The monoisotopic (exact) mass is 451 g/mol. The topological polar surface area (TPSA) is 83.5 Å². The lowest BCUT2D eigenvalue weighted by Gasteiger charge is -2.24. The van der Waals surface area contributed by atoms with Crippen molar-refractivity contribution in [3.63, 3.8) is 0 Å². The van der Waals surface area contributed by atoms with Gasteiger partial charge in [-0.2, -0.15) is 0 Å². The van der Waals surface area contributed by atoms with Gasteiger partial charge >= 0.3 is 5.91 Å². The molecule has 0 aromatic rings. The van der Waals surface area contributed by atoms with E-state index in [1.165, 1.54) is 89.9 Å². The van der Waals surface area contributed by atoms with Crippen LogP contribution < -0.4 is 0 Å². The molecule has 30 heavy (non-hydrogen) atoms. The smallest absolute Gasteiger partial charge is 0.313 e. The number of quaternary nitrogens is 1. The summed E-state index contributed by atoms with van der Waals surface area (Å²) in [5.74, 6) is 0.396. The summed E-state index contributed by atoms with van der Waals surface area (Å²) in [5.41, 5.74) is 0. The van der Waals surface area contributed by atoms with Crippen LogP contribution in [0.15, 0.2) is 0 Å². The zero-order chi connectivity index (χ0) is 23.3. The van der Waals surface area contributed by atoms with Crippen LogP contribution in [0.2, 0.25) is 0 Å². The lowest BCUT2D eigenvalue weighted by Crippen LogP contribution is -2.45. The van der Waals surface area contributed by atoms with Gasteiger partial charge in [0.1, 0.15) is 0 Å². The van der Waals surface area contributed by atoms with E-state index >= 15 is 0 Å². The second kappa shape index (κ2) is 20.4. The van der Waals surface area contributed by atoms with Gasteiger partial charge in [0.2, 0.25) is 10.4 Å². The third-order valence-corrected chi connectivity index (χ3v) is 6.07. The van der Waals surface area contributed by atoms with Gasteiger partial charge in [-0.25, -0.2) is 13.2 Å². The highest BCUT2D eigenvalue weighted by molar-refractivity contribution is 7.80. The number of carbonyl (C=O) groups is 1. The molecule has 0 fully saturated rings. The Balaban J connectivity index is 0. The van der Waals surface area contributed by atoms with Crippen LogP contribution in [0, 0.1) is 0 Å². The number of carbonyl (C=O) groups excluding carboxylic acids is 1. The number of hydrogen-bond donors (Lipinski definition) is 0. The number of unbranched alkanes of at least 4 members (excludes halogenated alkanes) is 14. The van der Waals surface area contributed by atoms with E-state index in [1.54, 1.807) is 0 Å². The van der Waals surface area contributed by atoms with Crippen molar-refractivity contribution in [2.24, 2.45) is 0 Å². The number of amides is 1. The fourth-order valence-electron chi connectivity index (χ4n) is 3.13. The third-order valence-electron chi connectivity index (χ3n) is 5.66. The zero-order valence-corrected chi connectivity index (χ0v) is 21.2. The Kier molecular flexibility index (Phi) is 21.6. The quantitative estimate of drug-likeness (QED) is 0.111. The van der Waals surface area contributed by atoms with E-state index in [9.17, 15) is 17.8 Å². The molecule has 0 N–H and O–H groups in total. The summed E-state index contributed by atoms with van der Waals surface area (Å²) in [6, 6.07) is 0. The first-order valence-electron chi connectivity index (χ1n) is 12.0. The molecule has 1 amide bonds. The first-order valence-corrected chi connectivity index (χ1v) is 13.3. The van der Waals surface area contributed by atoms with Crippen LogP contribution in [0.5, 0.6) is 0 Å². The zero-order valence-electron chi connectivity index (χ0n) is 20.4. The lowest BCUT2D eigenvalue weighted by molar-refractivity contribution is -0.812. The Morgan fingerprint density at radius 2 is 1.03 bits per heavy atom. The van der Waals surface area contributed by atoms with Gasteiger partial charge in [-0.1, -0.05) is 96.8 Å². The van der Waals surface area contributed by atoms with Crippen molar-refractivity contribution in [2.45, 2.75) is 117 Å². The van der Waals surface area contributed by atoms with Crippen LogP contribution in [-0.2, 0) is 19.4 Å². The van der Waals surface area contributed by atoms with Crippen molar-refractivity contribution >= 4 is 16.3 Å². The first kappa shape index (κ1) is 31.7. The lowest BCUT2D eigenvalue weighted by atomic mass is 10.0. The van der Waals surface area contributed by atoms with Crippen molar-refractivity contribution in [1.82, 2.24) is 0 Å². The molecule has 7 heteroatoms. The predicted molar refractivity (Wildman–Crippen MR) is 124 cm³/mol. The molecule has 0 unspecified atom stereocenters. The SMILES string of the molecule is CCCCCCCCCCCCCCCCCC(=O)[N+](C)(C)CC.COS(=O)(=O)[O-]. The highest BCUT2D eigenvalue weighted by Gasteiger charge is 2.22. The first-order chi connectivity index (χ1) is 14.1. The fraction of sp³-hybridized carbons (Fsp3) is 0.957. The van der Waals surface area contributed by atoms with Crippen molar-refractivity contribution in [3.8, 4) is 0 Å². The molecule has 0 aromatic heterocycles. The van der Waals surface area contributed by atoms with Gasteiger partial charge in [-0.15, -0.1) is 0 Å². The molecule has 0 atom stereocenters. The number of rotatable bonds is 18. The summed E-state index contributed by atoms with van der Waals surface area (Å²) >= 11 is 0. The molecule has 0 aliphatic heterocycles. The van der Waals surface area contributed by atoms with Gasteiger partial charge in [0.25, 0.3) is 0 Å². The van der Waals surface area contributed by atoms with Crippen LogP contribution in [0.4, 0.5) is 0 Å². The van der Waals surface area contributed by atoms with E-state index in [2.05, 4.69) is 18.0 Å². The average molecular weight is 452 g/mol. The summed E-state index contributed by atoms with van der Waals surface area (Å²) < 4.78 is 31.6. The van der Waals surface area contributed by atoms with Crippen molar-refractivity contribution < 1.29 is 26.4 Å². The van der Waals surface area contributed by atoms with E-state index in [-0.39, 0.29) is 0 Å². The minimum atomic E-state index is -4.41. The molecule has 0 radical (unpaired) electrons. The van der Waals surface area contributed by atoms with E-state index in [4.69, 9.17) is 0 Å². The number of nitrogens with zero attached hydrogens (tertiary/aromatic N) is 1. The van der Waals surface area contributed by atoms with Crippen LogP contribution >= 0.6 is 0 Å². The maximum Gasteiger partial charge on any atom is 0.313 e. The van der Waals surface area contributed by atoms with Crippen molar-refractivity contribution in [2.75, 3.05) is 27.7 Å². The van der Waals surface area contributed by atoms with E-state index in [0.717, 1.165) is 26.5 Å². The van der Waals surface area contributed by atoms with Crippen molar-refractivity contribution in [1.29, 1.82) is 0 Å². The average Bonchev–Trinajstić information content (AvgIpc) is 2.70. The molecular weight excluding hydrogens is 402 g/mol. The molecule has 0 saturated heterocycles. The largest absolute Gasteiger partial charge is 0.726 e. The second-order valence-corrected chi connectivity index (χ2v) is 9.82. The van der Waals surface area contributed by atoms with E-state index in [1.807, 2.05) is 14.1 Å². The second-order valence-electron chi connectivity index (χ2n) is 8.67. The van der Waals surface area contributed by atoms with Crippen LogP contribution in [-0.4, -0.2) is 51.1 Å². The minimum Gasteiger partial charge on any atom is -0.726 e. The summed E-state index contributed by atoms with van der Waals surface area (Å²) in [7, 11) is 0.439. The highest BCUT2D eigenvalue weighted by Crippen LogP contribution is 2.14. The van der Waals surface area contributed by atoms with Gasteiger partial charge in [-0.05, 0) is 13.3 Å².